The summed E-state index contributed by atoms with van der Waals surface area (Å²) in [5.41, 5.74) is 1.19. The second-order valence-electron chi connectivity index (χ2n) is 4.47. The highest BCUT2D eigenvalue weighted by molar-refractivity contribution is 5.19. The molecule has 0 aromatic carbocycles. The monoisotopic (exact) mass is 239 g/mol. The van der Waals surface area contributed by atoms with E-state index in [2.05, 4.69) is 18.3 Å². The van der Waals surface area contributed by atoms with E-state index in [4.69, 9.17) is 13.9 Å². The maximum Gasteiger partial charge on any atom is 0.130 e. The molecule has 96 valence electrons. The minimum Gasteiger partial charge on any atom is -0.462 e. The van der Waals surface area contributed by atoms with Crippen molar-refractivity contribution in [3.63, 3.8) is 0 Å². The van der Waals surface area contributed by atoms with Crippen LogP contribution >= 0.6 is 0 Å². The zero-order chi connectivity index (χ0) is 12.1. The second kappa shape index (κ2) is 6.19. The SMILES string of the molecule is CNCc1oc(COC2CCOCC2)cc1C. The maximum atomic E-state index is 5.82. The summed E-state index contributed by atoms with van der Waals surface area (Å²) in [5.74, 6) is 1.91. The van der Waals surface area contributed by atoms with Gasteiger partial charge in [0.25, 0.3) is 0 Å². The molecule has 0 unspecified atom stereocenters. The maximum absolute atomic E-state index is 5.82. The van der Waals surface area contributed by atoms with Crippen molar-refractivity contribution in [3.8, 4) is 0 Å². The van der Waals surface area contributed by atoms with Crippen LogP contribution in [0.25, 0.3) is 0 Å². The fraction of sp³-hybridized carbons (Fsp3) is 0.692. The summed E-state index contributed by atoms with van der Waals surface area (Å²) < 4.78 is 16.8. The van der Waals surface area contributed by atoms with Crippen LogP contribution in [-0.4, -0.2) is 26.4 Å². The Labute approximate surface area is 102 Å². The highest BCUT2D eigenvalue weighted by Gasteiger charge is 2.15. The van der Waals surface area contributed by atoms with E-state index >= 15 is 0 Å². The highest BCUT2D eigenvalue weighted by atomic mass is 16.5. The summed E-state index contributed by atoms with van der Waals surface area (Å²) in [7, 11) is 1.92. The van der Waals surface area contributed by atoms with E-state index in [-0.39, 0.29) is 0 Å². The third-order valence-corrected chi connectivity index (χ3v) is 3.04. The van der Waals surface area contributed by atoms with Crippen LogP contribution in [-0.2, 0) is 22.6 Å². The van der Waals surface area contributed by atoms with Gasteiger partial charge in [0.1, 0.15) is 18.1 Å². The van der Waals surface area contributed by atoms with Gasteiger partial charge >= 0.3 is 0 Å². The average Bonchev–Trinajstić information content (AvgIpc) is 2.70. The van der Waals surface area contributed by atoms with E-state index in [1.165, 1.54) is 5.56 Å². The Morgan fingerprint density at radius 3 is 2.88 bits per heavy atom. The van der Waals surface area contributed by atoms with Gasteiger partial charge in [-0.2, -0.15) is 0 Å². The zero-order valence-electron chi connectivity index (χ0n) is 10.6. The topological polar surface area (TPSA) is 43.6 Å². The quantitative estimate of drug-likeness (QED) is 0.853. The van der Waals surface area contributed by atoms with E-state index in [0.717, 1.165) is 44.1 Å². The van der Waals surface area contributed by atoms with Crippen LogP contribution in [0, 0.1) is 6.92 Å². The molecular formula is C13H21NO3. The van der Waals surface area contributed by atoms with Gasteiger partial charge in [-0.15, -0.1) is 0 Å². The van der Waals surface area contributed by atoms with Gasteiger partial charge in [0.05, 0.1) is 12.6 Å². The number of furan rings is 1. The number of aryl methyl sites for hydroxylation is 1. The van der Waals surface area contributed by atoms with Crippen LogP contribution in [0.4, 0.5) is 0 Å². The summed E-state index contributed by atoms with van der Waals surface area (Å²) in [6, 6.07) is 2.06. The molecule has 0 atom stereocenters. The first kappa shape index (κ1) is 12.6. The minimum absolute atomic E-state index is 0.321. The molecule has 17 heavy (non-hydrogen) atoms. The molecule has 1 aromatic rings. The lowest BCUT2D eigenvalue weighted by atomic mass is 10.1. The molecule has 1 aliphatic heterocycles. The molecule has 4 heteroatoms. The van der Waals surface area contributed by atoms with Crippen molar-refractivity contribution in [2.45, 2.75) is 39.0 Å². The molecule has 2 heterocycles. The normalized spacial score (nSPS) is 17.5. The van der Waals surface area contributed by atoms with E-state index in [1.807, 2.05) is 7.05 Å². The van der Waals surface area contributed by atoms with Crippen LogP contribution in [0.3, 0.4) is 0 Å². The number of ether oxygens (including phenoxy) is 2. The smallest absolute Gasteiger partial charge is 0.130 e. The highest BCUT2D eigenvalue weighted by Crippen LogP contribution is 2.18. The molecule has 1 aromatic heterocycles. The summed E-state index contributed by atoms with van der Waals surface area (Å²) in [4.78, 5) is 0. The lowest BCUT2D eigenvalue weighted by Gasteiger charge is -2.21. The molecular weight excluding hydrogens is 218 g/mol. The summed E-state index contributed by atoms with van der Waals surface area (Å²) >= 11 is 0. The molecule has 1 saturated heterocycles. The van der Waals surface area contributed by atoms with Gasteiger partial charge < -0.3 is 19.2 Å². The average molecular weight is 239 g/mol. The fourth-order valence-corrected chi connectivity index (χ4v) is 2.04. The van der Waals surface area contributed by atoms with E-state index in [0.29, 0.717) is 12.7 Å². The largest absolute Gasteiger partial charge is 0.462 e. The lowest BCUT2D eigenvalue weighted by Crippen LogP contribution is -2.23. The van der Waals surface area contributed by atoms with Gasteiger partial charge in [0, 0.05) is 13.2 Å². The van der Waals surface area contributed by atoms with Gasteiger partial charge in [0.2, 0.25) is 0 Å². The molecule has 0 amide bonds. The molecule has 0 saturated carbocycles. The fourth-order valence-electron chi connectivity index (χ4n) is 2.04. The van der Waals surface area contributed by atoms with Crippen molar-refractivity contribution < 1.29 is 13.9 Å². The van der Waals surface area contributed by atoms with E-state index in [1.54, 1.807) is 0 Å². The molecule has 0 radical (unpaired) electrons. The summed E-state index contributed by atoms with van der Waals surface area (Å²) in [6.45, 7) is 5.02. The Balaban J connectivity index is 1.83. The third-order valence-electron chi connectivity index (χ3n) is 3.04. The van der Waals surface area contributed by atoms with Crippen molar-refractivity contribution >= 4 is 0 Å². The minimum atomic E-state index is 0.321. The molecule has 0 bridgehead atoms. The molecule has 4 nitrogen and oxygen atoms in total. The van der Waals surface area contributed by atoms with Gasteiger partial charge in [-0.25, -0.2) is 0 Å². The van der Waals surface area contributed by atoms with Crippen LogP contribution < -0.4 is 5.32 Å². The van der Waals surface area contributed by atoms with Crippen molar-refractivity contribution in [3.05, 3.63) is 23.2 Å². The van der Waals surface area contributed by atoms with E-state index < -0.39 is 0 Å². The molecule has 0 aliphatic carbocycles. The van der Waals surface area contributed by atoms with Crippen LogP contribution in [0.2, 0.25) is 0 Å². The van der Waals surface area contributed by atoms with Gasteiger partial charge in [-0.3, -0.25) is 0 Å². The molecule has 1 N–H and O–H groups in total. The Hall–Kier alpha value is -0.840. The standard InChI is InChI=1S/C13H21NO3/c1-10-7-12(17-13(10)8-14-2)9-16-11-3-5-15-6-4-11/h7,11,14H,3-6,8-9H2,1-2H3. The van der Waals surface area contributed by atoms with E-state index in [9.17, 15) is 0 Å². The van der Waals surface area contributed by atoms with Gasteiger partial charge in [0.15, 0.2) is 0 Å². The van der Waals surface area contributed by atoms with Crippen molar-refractivity contribution in [2.75, 3.05) is 20.3 Å². The zero-order valence-corrected chi connectivity index (χ0v) is 10.6. The number of hydrogen-bond acceptors (Lipinski definition) is 4. The predicted octanol–water partition coefficient (Wildman–Crippen LogP) is 2.00. The summed E-state index contributed by atoms with van der Waals surface area (Å²) in [5, 5.41) is 3.09. The first-order valence-electron chi connectivity index (χ1n) is 6.21. The molecule has 2 rings (SSSR count). The van der Waals surface area contributed by atoms with Crippen molar-refractivity contribution in [1.82, 2.24) is 5.32 Å². The molecule has 1 aliphatic rings. The second-order valence-corrected chi connectivity index (χ2v) is 4.47. The first-order chi connectivity index (χ1) is 8.29. The van der Waals surface area contributed by atoms with Crippen LogP contribution in [0.15, 0.2) is 10.5 Å². The van der Waals surface area contributed by atoms with Gasteiger partial charge in [-0.05, 0) is 38.4 Å². The molecule has 0 spiro atoms. The Bertz CT molecular complexity index is 342. The lowest BCUT2D eigenvalue weighted by molar-refractivity contribution is -0.0435. The predicted molar refractivity (Wildman–Crippen MR) is 64.8 cm³/mol. The van der Waals surface area contributed by atoms with Gasteiger partial charge in [-0.1, -0.05) is 0 Å². The van der Waals surface area contributed by atoms with Crippen LogP contribution in [0.1, 0.15) is 29.9 Å². The summed E-state index contributed by atoms with van der Waals surface area (Å²) in [6.07, 6.45) is 2.30. The Kier molecular flexibility index (Phi) is 4.59. The number of hydrogen-bond donors (Lipinski definition) is 1. The Morgan fingerprint density at radius 2 is 2.18 bits per heavy atom. The third kappa shape index (κ3) is 3.56. The molecule has 1 fully saturated rings. The van der Waals surface area contributed by atoms with Crippen LogP contribution in [0.5, 0.6) is 0 Å². The number of rotatable bonds is 5. The van der Waals surface area contributed by atoms with Crippen molar-refractivity contribution in [2.24, 2.45) is 0 Å². The van der Waals surface area contributed by atoms with Crippen molar-refractivity contribution in [1.29, 1.82) is 0 Å². The number of nitrogens with one attached hydrogen (secondary N) is 1. The first-order valence-corrected chi connectivity index (χ1v) is 6.21. The Morgan fingerprint density at radius 1 is 1.41 bits per heavy atom.